The Labute approximate surface area is 341 Å². The largest absolute Gasteiger partial charge is 0.462 e. The number of likely N-dealkylation sites (tertiary alicyclic amines) is 1. The van der Waals surface area contributed by atoms with Gasteiger partial charge in [0.15, 0.2) is 18.4 Å². The number of ketones is 1. The molecule has 0 aromatic heterocycles. The van der Waals surface area contributed by atoms with Gasteiger partial charge in [-0.05, 0) is 84.0 Å². The molecule has 0 amide bonds. The van der Waals surface area contributed by atoms with Crippen LogP contribution in [0, 0.1) is 35.5 Å². The van der Waals surface area contributed by atoms with Crippen molar-refractivity contribution in [2.45, 2.75) is 148 Å². The summed E-state index contributed by atoms with van der Waals surface area (Å²) >= 11 is 0. The Morgan fingerprint density at radius 3 is 2.25 bits per heavy atom. The molecule has 13 heteroatoms. The van der Waals surface area contributed by atoms with Gasteiger partial charge >= 0.3 is 5.97 Å². The first-order chi connectivity index (χ1) is 27.0. The van der Waals surface area contributed by atoms with E-state index in [1.807, 2.05) is 45.9 Å². The third-order valence-corrected chi connectivity index (χ3v) is 12.4. The van der Waals surface area contributed by atoms with Crippen molar-refractivity contribution < 1.29 is 53.3 Å². The number of rotatable bonds is 11. The predicted octanol–water partition coefficient (Wildman–Crippen LogP) is 4.13. The predicted molar refractivity (Wildman–Crippen MR) is 217 cm³/mol. The molecule has 0 aromatic rings. The Bertz CT molecular complexity index is 1330. The molecule has 2 saturated heterocycles. The van der Waals surface area contributed by atoms with Gasteiger partial charge in [-0.2, -0.15) is 0 Å². The van der Waals surface area contributed by atoms with Gasteiger partial charge in [0.2, 0.25) is 0 Å². The first-order valence-electron chi connectivity index (χ1n) is 21.3. The highest BCUT2D eigenvalue weighted by Gasteiger charge is 2.47. The minimum Gasteiger partial charge on any atom is -0.462 e. The van der Waals surface area contributed by atoms with Crippen molar-refractivity contribution in [2.24, 2.45) is 35.5 Å². The van der Waals surface area contributed by atoms with Gasteiger partial charge in [0.1, 0.15) is 18.3 Å². The van der Waals surface area contributed by atoms with Crippen molar-refractivity contribution in [1.29, 1.82) is 0 Å². The molecule has 326 valence electrons. The fraction of sp³-hybridized carbons (Fsp3) is 0.818. The van der Waals surface area contributed by atoms with E-state index in [2.05, 4.69) is 18.7 Å². The maximum absolute atomic E-state index is 13.8. The second-order valence-electron chi connectivity index (χ2n) is 17.6. The lowest BCUT2D eigenvalue weighted by Gasteiger charge is -2.47. The van der Waals surface area contributed by atoms with Crippen LogP contribution in [0.15, 0.2) is 36.5 Å². The number of hydrogen-bond acceptors (Lipinski definition) is 13. The summed E-state index contributed by atoms with van der Waals surface area (Å²) in [6.07, 6.45) is 5.59. The maximum Gasteiger partial charge on any atom is 0.308 e. The van der Waals surface area contributed by atoms with Gasteiger partial charge in [-0.3, -0.25) is 9.59 Å². The van der Waals surface area contributed by atoms with Crippen molar-refractivity contribution in [1.82, 2.24) is 9.80 Å². The molecule has 0 bridgehead atoms. The van der Waals surface area contributed by atoms with E-state index in [1.165, 1.54) is 6.42 Å². The number of aliphatic hydroxyl groups excluding tert-OH is 3. The lowest BCUT2D eigenvalue weighted by Crippen LogP contribution is -2.63. The molecule has 4 aliphatic rings. The van der Waals surface area contributed by atoms with Crippen molar-refractivity contribution in [2.75, 3.05) is 47.4 Å². The highest BCUT2D eigenvalue weighted by Crippen LogP contribution is 2.35. The van der Waals surface area contributed by atoms with Crippen LogP contribution in [0.1, 0.15) is 80.6 Å². The van der Waals surface area contributed by atoms with Crippen molar-refractivity contribution in [3.05, 3.63) is 36.5 Å². The van der Waals surface area contributed by atoms with E-state index in [-0.39, 0.29) is 30.8 Å². The van der Waals surface area contributed by atoms with Gasteiger partial charge in [0.05, 0.1) is 49.6 Å². The quantitative estimate of drug-likeness (QED) is 0.203. The SMILES string of the molecule is CC[C@H]1OC(=O)C[C@@H](O)[C@H](C)[C@@H](OC2OC(C)C(O)C(N(C)C)C2O)[C@@H](CCN2CC(C)CC(C)C2)C[C@@H](C)C(=O)/C=C/C=C/[C@@H]1COC1OC(C)C=CC1OC. The fourth-order valence-electron chi connectivity index (χ4n) is 9.16. The maximum atomic E-state index is 13.8. The van der Waals surface area contributed by atoms with E-state index in [0.717, 1.165) is 19.6 Å². The van der Waals surface area contributed by atoms with Crippen LogP contribution in [0.5, 0.6) is 0 Å². The summed E-state index contributed by atoms with van der Waals surface area (Å²) in [4.78, 5) is 31.7. The Balaban J connectivity index is 1.65. The van der Waals surface area contributed by atoms with E-state index in [4.69, 9.17) is 28.4 Å². The second-order valence-corrected chi connectivity index (χ2v) is 17.6. The Morgan fingerprint density at radius 1 is 0.895 bits per heavy atom. The number of carbonyl (C=O) groups is 2. The topological polar surface area (TPSA) is 157 Å². The number of ether oxygens (including phenoxy) is 6. The van der Waals surface area contributed by atoms with Gasteiger partial charge in [-0.25, -0.2) is 0 Å². The van der Waals surface area contributed by atoms with Gasteiger partial charge in [0.25, 0.3) is 0 Å². The van der Waals surface area contributed by atoms with Crippen LogP contribution in [0.3, 0.4) is 0 Å². The molecule has 13 nitrogen and oxygen atoms in total. The molecular formula is C44H74N2O11. The van der Waals surface area contributed by atoms with Crippen LogP contribution in [0.25, 0.3) is 0 Å². The summed E-state index contributed by atoms with van der Waals surface area (Å²) in [6, 6.07) is -0.665. The molecule has 0 aliphatic carbocycles. The molecule has 17 atom stereocenters. The summed E-state index contributed by atoms with van der Waals surface area (Å²) in [5.74, 6) is -1.17. The van der Waals surface area contributed by atoms with Crippen LogP contribution < -0.4 is 0 Å². The monoisotopic (exact) mass is 807 g/mol. The van der Waals surface area contributed by atoms with Crippen LogP contribution in [0.2, 0.25) is 0 Å². The normalized spacial score (nSPS) is 43.2. The molecule has 0 saturated carbocycles. The zero-order valence-corrected chi connectivity index (χ0v) is 36.1. The number of aliphatic hydroxyl groups is 3. The number of methoxy groups -OCH3 is 1. The smallest absolute Gasteiger partial charge is 0.308 e. The number of piperidine rings is 1. The van der Waals surface area contributed by atoms with Crippen LogP contribution in [-0.2, 0) is 38.0 Å². The number of cyclic esters (lactones) is 1. The molecule has 4 heterocycles. The van der Waals surface area contributed by atoms with Gasteiger partial charge < -0.3 is 53.5 Å². The number of allylic oxidation sites excluding steroid dienone is 3. The van der Waals surface area contributed by atoms with E-state index in [1.54, 1.807) is 51.3 Å². The molecular weight excluding hydrogens is 732 g/mol. The molecule has 3 N–H and O–H groups in total. The first-order valence-corrected chi connectivity index (χ1v) is 21.3. The van der Waals surface area contributed by atoms with Crippen molar-refractivity contribution in [3.63, 3.8) is 0 Å². The molecule has 0 spiro atoms. The van der Waals surface area contributed by atoms with Gasteiger partial charge in [-0.1, -0.05) is 65.0 Å². The van der Waals surface area contributed by atoms with E-state index in [9.17, 15) is 24.9 Å². The zero-order valence-electron chi connectivity index (χ0n) is 36.1. The fourth-order valence-corrected chi connectivity index (χ4v) is 9.16. The summed E-state index contributed by atoms with van der Waals surface area (Å²) in [5, 5.41) is 34.4. The highest BCUT2D eigenvalue weighted by molar-refractivity contribution is 5.91. The summed E-state index contributed by atoms with van der Waals surface area (Å²) in [6.45, 7) is 16.8. The molecule has 0 aromatic carbocycles. The van der Waals surface area contributed by atoms with Gasteiger partial charge in [0, 0.05) is 38.0 Å². The Morgan fingerprint density at radius 2 is 1.60 bits per heavy atom. The van der Waals surface area contributed by atoms with E-state index < -0.39 is 85.1 Å². The van der Waals surface area contributed by atoms with Crippen molar-refractivity contribution in [3.8, 4) is 0 Å². The Kier molecular flexibility index (Phi) is 18.8. The molecule has 4 rings (SSSR count). The van der Waals surface area contributed by atoms with E-state index in [0.29, 0.717) is 31.1 Å². The zero-order chi connectivity index (χ0) is 42.0. The van der Waals surface area contributed by atoms with Crippen LogP contribution >= 0.6 is 0 Å². The highest BCUT2D eigenvalue weighted by atomic mass is 16.7. The summed E-state index contributed by atoms with van der Waals surface area (Å²) in [7, 11) is 5.16. The minimum absolute atomic E-state index is 0.0483. The van der Waals surface area contributed by atoms with Crippen LogP contribution in [0.4, 0.5) is 0 Å². The number of esters is 1. The third kappa shape index (κ3) is 13.5. The summed E-state index contributed by atoms with van der Waals surface area (Å²) in [5.41, 5.74) is 0. The summed E-state index contributed by atoms with van der Waals surface area (Å²) < 4.78 is 36.7. The Hall–Kier alpha value is -2.04. The first kappa shape index (κ1) is 47.6. The number of likely N-dealkylation sites (N-methyl/N-ethyl adjacent to an activating group) is 1. The van der Waals surface area contributed by atoms with Gasteiger partial charge in [-0.15, -0.1) is 0 Å². The third-order valence-electron chi connectivity index (χ3n) is 12.4. The van der Waals surface area contributed by atoms with E-state index >= 15 is 0 Å². The lowest BCUT2D eigenvalue weighted by molar-refractivity contribution is -0.304. The molecule has 57 heavy (non-hydrogen) atoms. The number of hydrogen-bond donors (Lipinski definition) is 3. The number of nitrogens with zero attached hydrogens (tertiary/aromatic N) is 2. The average molecular weight is 807 g/mol. The molecule has 0 radical (unpaired) electrons. The van der Waals surface area contributed by atoms with Crippen LogP contribution in [-0.4, -0.2) is 152 Å². The minimum atomic E-state index is -1.21. The van der Waals surface area contributed by atoms with Crippen molar-refractivity contribution >= 4 is 11.8 Å². The molecule has 4 aliphatic heterocycles. The second kappa shape index (κ2) is 22.5. The number of carbonyl (C=O) groups excluding carboxylic acids is 2. The average Bonchev–Trinajstić information content (AvgIpc) is 3.15. The lowest BCUT2D eigenvalue weighted by atomic mass is 9.79. The molecule has 10 unspecified atom stereocenters. The standard InChI is InChI=1S/C44H74N2O11/c1-11-36-33(25-53-43-37(52-10)17-16-29(5)54-43)14-12-13-15-34(47)28(4)21-32(18-19-46-23-26(2)20-27(3)24-46)42(30(6)35(48)22-38(49)56-36)57-44-41(51)39(45(8)9)40(50)31(7)55-44/h12-17,26-33,35-37,39-44,48,50-51H,11,18-25H2,1-10H3/b14-12+,15-13+/t26?,27?,28-,29?,30+,31?,32+,33-,35-,36-,37?,39?,40?,41?,42-,43?,44?/m1/s1. The molecule has 2 fully saturated rings.